The third-order valence-corrected chi connectivity index (χ3v) is 3.36. The van der Waals surface area contributed by atoms with Crippen LogP contribution in [0, 0.1) is 12.8 Å². The molecule has 0 saturated heterocycles. The van der Waals surface area contributed by atoms with E-state index in [0.29, 0.717) is 22.7 Å². The van der Waals surface area contributed by atoms with Crippen LogP contribution >= 0.6 is 0 Å². The molecular formula is C16H16N2O4. The van der Waals surface area contributed by atoms with Crippen molar-refractivity contribution in [3.05, 3.63) is 47.3 Å². The highest BCUT2D eigenvalue weighted by molar-refractivity contribution is 5.95. The zero-order valence-electron chi connectivity index (χ0n) is 12.2. The quantitative estimate of drug-likeness (QED) is 0.859. The van der Waals surface area contributed by atoms with Crippen LogP contribution in [-0.4, -0.2) is 17.0 Å². The molecule has 6 heteroatoms. The monoisotopic (exact) mass is 300 g/mol. The van der Waals surface area contributed by atoms with Gasteiger partial charge in [-0.05, 0) is 44.0 Å². The SMILES string of the molecule is Cc1cc(COC(=O)c2ccc(NC(=O)C3CC3)cc2)no1. The predicted octanol–water partition coefficient (Wildman–Crippen LogP) is 2.69. The lowest BCUT2D eigenvalue weighted by atomic mass is 10.2. The van der Waals surface area contributed by atoms with Gasteiger partial charge in [0.15, 0.2) is 0 Å². The van der Waals surface area contributed by atoms with Crippen molar-refractivity contribution < 1.29 is 18.8 Å². The molecule has 1 N–H and O–H groups in total. The van der Waals surface area contributed by atoms with Gasteiger partial charge in [0.2, 0.25) is 5.91 Å². The Hall–Kier alpha value is -2.63. The Morgan fingerprint density at radius 3 is 2.64 bits per heavy atom. The maximum absolute atomic E-state index is 11.9. The van der Waals surface area contributed by atoms with E-state index < -0.39 is 5.97 Å². The van der Waals surface area contributed by atoms with Crippen molar-refractivity contribution in [2.45, 2.75) is 26.4 Å². The largest absolute Gasteiger partial charge is 0.455 e. The maximum Gasteiger partial charge on any atom is 0.338 e. The van der Waals surface area contributed by atoms with Crippen LogP contribution in [0.2, 0.25) is 0 Å². The molecule has 0 radical (unpaired) electrons. The molecule has 1 aliphatic carbocycles. The molecule has 1 amide bonds. The molecule has 1 heterocycles. The summed E-state index contributed by atoms with van der Waals surface area (Å²) >= 11 is 0. The smallest absolute Gasteiger partial charge is 0.338 e. The van der Waals surface area contributed by atoms with Crippen molar-refractivity contribution in [2.24, 2.45) is 5.92 Å². The minimum absolute atomic E-state index is 0.0386. The molecular weight excluding hydrogens is 284 g/mol. The standard InChI is InChI=1S/C16H16N2O4/c1-10-8-14(18-22-10)9-21-16(20)12-4-6-13(7-5-12)17-15(19)11-2-3-11/h4-8,11H,2-3,9H2,1H3,(H,17,19). The minimum atomic E-state index is -0.444. The summed E-state index contributed by atoms with van der Waals surface area (Å²) in [5.74, 6) is 0.412. The van der Waals surface area contributed by atoms with Gasteiger partial charge in [0.25, 0.3) is 0 Å². The van der Waals surface area contributed by atoms with Gasteiger partial charge >= 0.3 is 5.97 Å². The van der Waals surface area contributed by atoms with E-state index in [4.69, 9.17) is 9.26 Å². The Morgan fingerprint density at radius 2 is 2.05 bits per heavy atom. The summed E-state index contributed by atoms with van der Waals surface area (Å²) in [7, 11) is 0. The lowest BCUT2D eigenvalue weighted by molar-refractivity contribution is -0.117. The Bertz CT molecular complexity index is 686. The molecule has 0 atom stereocenters. The number of aryl methyl sites for hydroxylation is 1. The van der Waals surface area contributed by atoms with Crippen LogP contribution in [0.4, 0.5) is 5.69 Å². The second-order valence-electron chi connectivity index (χ2n) is 5.35. The highest BCUT2D eigenvalue weighted by atomic mass is 16.5. The molecule has 1 aliphatic rings. The summed E-state index contributed by atoms with van der Waals surface area (Å²) in [5.41, 5.74) is 1.67. The number of carbonyl (C=O) groups excluding carboxylic acids is 2. The first-order valence-corrected chi connectivity index (χ1v) is 7.12. The molecule has 3 rings (SSSR count). The van der Waals surface area contributed by atoms with Gasteiger partial charge in [0.05, 0.1) is 5.56 Å². The number of hydrogen-bond donors (Lipinski definition) is 1. The average molecular weight is 300 g/mol. The number of nitrogens with zero attached hydrogens (tertiary/aromatic N) is 1. The summed E-state index contributed by atoms with van der Waals surface area (Å²) < 4.78 is 10.0. The van der Waals surface area contributed by atoms with Gasteiger partial charge in [-0.1, -0.05) is 5.16 Å². The average Bonchev–Trinajstić information content (AvgIpc) is 3.29. The lowest BCUT2D eigenvalue weighted by Gasteiger charge is -2.06. The number of nitrogens with one attached hydrogen (secondary N) is 1. The highest BCUT2D eigenvalue weighted by Gasteiger charge is 2.29. The molecule has 1 saturated carbocycles. The van der Waals surface area contributed by atoms with Crippen LogP contribution in [0.25, 0.3) is 0 Å². The molecule has 1 aromatic heterocycles. The van der Waals surface area contributed by atoms with E-state index in [-0.39, 0.29) is 18.4 Å². The van der Waals surface area contributed by atoms with Gasteiger partial charge in [-0.25, -0.2) is 4.79 Å². The molecule has 114 valence electrons. The van der Waals surface area contributed by atoms with Gasteiger partial charge in [-0.2, -0.15) is 0 Å². The number of esters is 1. The summed E-state index contributed by atoms with van der Waals surface area (Å²) in [6.07, 6.45) is 1.91. The lowest BCUT2D eigenvalue weighted by Crippen LogP contribution is -2.13. The highest BCUT2D eigenvalue weighted by Crippen LogP contribution is 2.30. The number of benzene rings is 1. The van der Waals surface area contributed by atoms with E-state index in [1.807, 2.05) is 0 Å². The van der Waals surface area contributed by atoms with Crippen molar-refractivity contribution in [3.63, 3.8) is 0 Å². The van der Waals surface area contributed by atoms with Gasteiger partial charge in [-0.3, -0.25) is 4.79 Å². The number of ether oxygens (including phenoxy) is 1. The second kappa shape index (κ2) is 6.01. The van der Waals surface area contributed by atoms with E-state index in [1.54, 1.807) is 37.3 Å². The van der Waals surface area contributed by atoms with Crippen molar-refractivity contribution in [1.82, 2.24) is 5.16 Å². The Balaban J connectivity index is 1.54. The third kappa shape index (κ3) is 3.52. The number of hydrogen-bond acceptors (Lipinski definition) is 5. The van der Waals surface area contributed by atoms with Crippen LogP contribution in [-0.2, 0) is 16.1 Å². The Morgan fingerprint density at radius 1 is 1.32 bits per heavy atom. The zero-order chi connectivity index (χ0) is 15.5. The topological polar surface area (TPSA) is 81.4 Å². The fourth-order valence-corrected chi connectivity index (χ4v) is 1.99. The number of carbonyl (C=O) groups is 2. The molecule has 0 bridgehead atoms. The first-order chi connectivity index (χ1) is 10.6. The first kappa shape index (κ1) is 14.3. The van der Waals surface area contributed by atoms with Crippen LogP contribution in [0.5, 0.6) is 0 Å². The number of aromatic nitrogens is 1. The normalized spacial score (nSPS) is 13.7. The van der Waals surface area contributed by atoms with Gasteiger partial charge in [0.1, 0.15) is 18.1 Å². The minimum Gasteiger partial charge on any atom is -0.455 e. The molecule has 2 aromatic rings. The summed E-state index contributed by atoms with van der Waals surface area (Å²) in [6, 6.07) is 8.34. The van der Waals surface area contributed by atoms with Crippen molar-refractivity contribution in [3.8, 4) is 0 Å². The Labute approximate surface area is 127 Å². The predicted molar refractivity (Wildman–Crippen MR) is 78.2 cm³/mol. The number of rotatable bonds is 5. The van der Waals surface area contributed by atoms with Crippen LogP contribution < -0.4 is 5.32 Å². The summed E-state index contributed by atoms with van der Waals surface area (Å²) in [4.78, 5) is 23.5. The van der Waals surface area contributed by atoms with E-state index in [0.717, 1.165) is 12.8 Å². The molecule has 0 aliphatic heterocycles. The van der Waals surface area contributed by atoms with Gasteiger partial charge < -0.3 is 14.6 Å². The molecule has 1 aromatic carbocycles. The van der Waals surface area contributed by atoms with E-state index in [9.17, 15) is 9.59 Å². The zero-order valence-corrected chi connectivity index (χ0v) is 12.2. The van der Waals surface area contributed by atoms with Crippen molar-refractivity contribution in [1.29, 1.82) is 0 Å². The number of anilines is 1. The molecule has 0 spiro atoms. The second-order valence-corrected chi connectivity index (χ2v) is 5.35. The van der Waals surface area contributed by atoms with E-state index in [2.05, 4.69) is 10.5 Å². The number of amides is 1. The summed E-state index contributed by atoms with van der Waals surface area (Å²) in [5, 5.41) is 6.57. The van der Waals surface area contributed by atoms with Gasteiger partial charge in [-0.15, -0.1) is 0 Å². The Kier molecular flexibility index (Phi) is 3.91. The molecule has 1 fully saturated rings. The van der Waals surface area contributed by atoms with E-state index in [1.165, 1.54) is 0 Å². The molecule has 0 unspecified atom stereocenters. The van der Waals surface area contributed by atoms with Crippen LogP contribution in [0.1, 0.15) is 34.7 Å². The third-order valence-electron chi connectivity index (χ3n) is 3.36. The fourth-order valence-electron chi connectivity index (χ4n) is 1.99. The van der Waals surface area contributed by atoms with Crippen LogP contribution in [0.3, 0.4) is 0 Å². The molecule has 6 nitrogen and oxygen atoms in total. The first-order valence-electron chi connectivity index (χ1n) is 7.12. The maximum atomic E-state index is 11.9. The summed E-state index contributed by atoms with van der Waals surface area (Å²) in [6.45, 7) is 1.84. The van der Waals surface area contributed by atoms with Gasteiger partial charge in [0, 0.05) is 17.7 Å². The van der Waals surface area contributed by atoms with Crippen LogP contribution in [0.15, 0.2) is 34.9 Å². The van der Waals surface area contributed by atoms with E-state index >= 15 is 0 Å². The van der Waals surface area contributed by atoms with Crippen molar-refractivity contribution in [2.75, 3.05) is 5.32 Å². The van der Waals surface area contributed by atoms with Crippen molar-refractivity contribution >= 4 is 17.6 Å². The fraction of sp³-hybridized carbons (Fsp3) is 0.312. The molecule has 22 heavy (non-hydrogen) atoms.